The number of hydrogen-bond donors (Lipinski definition) is 1. The Morgan fingerprint density at radius 1 is 1.60 bits per heavy atom. The van der Waals surface area contributed by atoms with Crippen LogP contribution in [0, 0.1) is 0 Å². The van der Waals surface area contributed by atoms with Gasteiger partial charge < -0.3 is 5.73 Å². The van der Waals surface area contributed by atoms with Crippen LogP contribution in [0.5, 0.6) is 0 Å². The summed E-state index contributed by atoms with van der Waals surface area (Å²) in [5, 5.41) is 0. The SMILES string of the molecule is CCC=N/C=C\C=C(/C)N. The smallest absolute Gasteiger partial charge is 0.0264 e. The van der Waals surface area contributed by atoms with Gasteiger partial charge in [0.05, 0.1) is 0 Å². The fraction of sp³-hybridized carbons (Fsp3) is 0.375. The van der Waals surface area contributed by atoms with Gasteiger partial charge in [-0.15, -0.1) is 0 Å². The van der Waals surface area contributed by atoms with Crippen LogP contribution in [0.1, 0.15) is 20.3 Å². The van der Waals surface area contributed by atoms with Gasteiger partial charge in [-0.25, -0.2) is 0 Å². The van der Waals surface area contributed by atoms with Crippen molar-refractivity contribution in [3.63, 3.8) is 0 Å². The van der Waals surface area contributed by atoms with Gasteiger partial charge in [0.15, 0.2) is 0 Å². The van der Waals surface area contributed by atoms with Crippen LogP contribution in [0.2, 0.25) is 0 Å². The minimum atomic E-state index is 0.794. The second-order valence-electron chi connectivity index (χ2n) is 1.99. The van der Waals surface area contributed by atoms with Crippen LogP contribution < -0.4 is 5.73 Å². The molecule has 0 saturated heterocycles. The molecule has 0 atom stereocenters. The number of allylic oxidation sites excluding steroid dienone is 3. The molecule has 0 spiro atoms. The molecule has 0 aliphatic heterocycles. The number of aliphatic imine (C=N–C) groups is 1. The monoisotopic (exact) mass is 138 g/mol. The standard InChI is InChI=1S/C8H14N2/c1-3-6-10-7-4-5-8(2)9/h4-7H,3,9H2,1-2H3/b7-4-,8-5+,10-6?. The molecule has 0 bridgehead atoms. The van der Waals surface area contributed by atoms with Gasteiger partial charge in [0.25, 0.3) is 0 Å². The lowest BCUT2D eigenvalue weighted by Crippen LogP contribution is -1.87. The molecule has 10 heavy (non-hydrogen) atoms. The van der Waals surface area contributed by atoms with E-state index in [1.165, 1.54) is 0 Å². The van der Waals surface area contributed by atoms with E-state index < -0.39 is 0 Å². The summed E-state index contributed by atoms with van der Waals surface area (Å²) in [5.74, 6) is 0. The summed E-state index contributed by atoms with van der Waals surface area (Å²) in [6, 6.07) is 0. The van der Waals surface area contributed by atoms with Gasteiger partial charge in [0.1, 0.15) is 0 Å². The minimum Gasteiger partial charge on any atom is -0.402 e. The Bertz CT molecular complexity index is 151. The molecule has 0 saturated carbocycles. The van der Waals surface area contributed by atoms with Crippen molar-refractivity contribution in [2.75, 3.05) is 0 Å². The van der Waals surface area contributed by atoms with E-state index >= 15 is 0 Å². The Labute approximate surface area is 62.1 Å². The predicted octanol–water partition coefficient (Wildman–Crippen LogP) is 1.84. The molecule has 2 heteroatoms. The number of hydrogen-bond acceptors (Lipinski definition) is 2. The maximum Gasteiger partial charge on any atom is 0.0264 e. The Morgan fingerprint density at radius 3 is 2.80 bits per heavy atom. The molecule has 0 aliphatic rings. The Hall–Kier alpha value is -1.05. The summed E-state index contributed by atoms with van der Waals surface area (Å²) in [5.41, 5.74) is 6.16. The van der Waals surface area contributed by atoms with Crippen molar-refractivity contribution < 1.29 is 0 Å². The average molecular weight is 138 g/mol. The topological polar surface area (TPSA) is 38.4 Å². The van der Waals surface area contributed by atoms with Crippen molar-refractivity contribution in [1.82, 2.24) is 0 Å². The maximum atomic E-state index is 5.37. The Balaban J connectivity index is 3.57. The predicted molar refractivity (Wildman–Crippen MR) is 45.9 cm³/mol. The lowest BCUT2D eigenvalue weighted by molar-refractivity contribution is 1.30. The van der Waals surface area contributed by atoms with E-state index in [4.69, 9.17) is 5.73 Å². The molecule has 0 aromatic heterocycles. The minimum absolute atomic E-state index is 0.794. The molecule has 0 heterocycles. The van der Waals surface area contributed by atoms with Crippen LogP contribution in [-0.4, -0.2) is 6.21 Å². The number of nitrogens with zero attached hydrogens (tertiary/aromatic N) is 1. The van der Waals surface area contributed by atoms with Gasteiger partial charge >= 0.3 is 0 Å². The highest BCUT2D eigenvalue weighted by Gasteiger charge is 1.68. The summed E-state index contributed by atoms with van der Waals surface area (Å²) in [4.78, 5) is 3.96. The molecule has 0 rings (SSSR count). The molecule has 0 aromatic rings. The normalized spacial score (nSPS) is 13.6. The van der Waals surface area contributed by atoms with Gasteiger partial charge in [0.2, 0.25) is 0 Å². The third-order valence-electron chi connectivity index (χ3n) is 0.819. The molecule has 0 amide bonds. The zero-order valence-electron chi connectivity index (χ0n) is 6.54. The lowest BCUT2D eigenvalue weighted by Gasteiger charge is -1.81. The third kappa shape index (κ3) is 6.95. The van der Waals surface area contributed by atoms with Gasteiger partial charge in [-0.1, -0.05) is 6.92 Å². The Kier molecular flexibility index (Phi) is 5.44. The maximum absolute atomic E-state index is 5.37. The van der Waals surface area contributed by atoms with Gasteiger partial charge in [0, 0.05) is 18.1 Å². The van der Waals surface area contributed by atoms with Crippen LogP contribution in [-0.2, 0) is 0 Å². The summed E-state index contributed by atoms with van der Waals surface area (Å²) < 4.78 is 0. The fourth-order valence-electron chi connectivity index (χ4n) is 0.411. The number of rotatable bonds is 3. The van der Waals surface area contributed by atoms with Crippen LogP contribution in [0.4, 0.5) is 0 Å². The van der Waals surface area contributed by atoms with Crippen molar-refractivity contribution in [1.29, 1.82) is 0 Å². The highest BCUT2D eigenvalue weighted by atomic mass is 14.7. The first-order valence-electron chi connectivity index (χ1n) is 3.38. The van der Waals surface area contributed by atoms with E-state index in [2.05, 4.69) is 4.99 Å². The molecule has 56 valence electrons. The molecule has 2 nitrogen and oxygen atoms in total. The highest BCUT2D eigenvalue weighted by Crippen LogP contribution is 1.82. The third-order valence-corrected chi connectivity index (χ3v) is 0.819. The van der Waals surface area contributed by atoms with Crippen LogP contribution >= 0.6 is 0 Å². The zero-order chi connectivity index (χ0) is 7.82. The van der Waals surface area contributed by atoms with E-state index in [9.17, 15) is 0 Å². The quantitative estimate of drug-likeness (QED) is 0.469. The Morgan fingerprint density at radius 2 is 2.30 bits per heavy atom. The number of nitrogens with two attached hydrogens (primary N) is 1. The van der Waals surface area contributed by atoms with Crippen LogP contribution in [0.25, 0.3) is 0 Å². The summed E-state index contributed by atoms with van der Waals surface area (Å²) in [7, 11) is 0. The second-order valence-corrected chi connectivity index (χ2v) is 1.99. The van der Waals surface area contributed by atoms with Crippen molar-refractivity contribution in [3.8, 4) is 0 Å². The molecular formula is C8H14N2. The fourth-order valence-corrected chi connectivity index (χ4v) is 0.411. The van der Waals surface area contributed by atoms with Crippen molar-refractivity contribution in [2.45, 2.75) is 20.3 Å². The highest BCUT2D eigenvalue weighted by molar-refractivity contribution is 5.57. The molecule has 0 aromatic carbocycles. The van der Waals surface area contributed by atoms with Gasteiger partial charge in [-0.2, -0.15) is 0 Å². The summed E-state index contributed by atoms with van der Waals surface area (Å²) >= 11 is 0. The van der Waals surface area contributed by atoms with E-state index in [0.717, 1.165) is 12.1 Å². The van der Waals surface area contributed by atoms with E-state index in [0.29, 0.717) is 0 Å². The van der Waals surface area contributed by atoms with E-state index in [1.807, 2.05) is 32.2 Å². The molecular weight excluding hydrogens is 124 g/mol. The lowest BCUT2D eigenvalue weighted by atomic mass is 10.4. The molecule has 0 unspecified atom stereocenters. The molecule has 0 fully saturated rings. The molecule has 0 radical (unpaired) electrons. The first-order chi connectivity index (χ1) is 4.77. The van der Waals surface area contributed by atoms with E-state index in [1.54, 1.807) is 6.20 Å². The largest absolute Gasteiger partial charge is 0.402 e. The van der Waals surface area contributed by atoms with Gasteiger partial charge in [-0.05, 0) is 25.5 Å². The van der Waals surface area contributed by atoms with E-state index in [-0.39, 0.29) is 0 Å². The van der Waals surface area contributed by atoms with Crippen molar-refractivity contribution in [2.24, 2.45) is 10.7 Å². The molecule has 0 aliphatic carbocycles. The molecule has 2 N–H and O–H groups in total. The second kappa shape index (κ2) is 6.08. The first-order valence-corrected chi connectivity index (χ1v) is 3.38. The van der Waals surface area contributed by atoms with Crippen LogP contribution in [0.3, 0.4) is 0 Å². The first kappa shape index (κ1) is 8.95. The zero-order valence-corrected chi connectivity index (χ0v) is 6.54. The van der Waals surface area contributed by atoms with Gasteiger partial charge in [-0.3, -0.25) is 4.99 Å². The van der Waals surface area contributed by atoms with Crippen molar-refractivity contribution >= 4 is 6.21 Å². The summed E-state index contributed by atoms with van der Waals surface area (Å²) in [6.45, 7) is 3.88. The van der Waals surface area contributed by atoms with Crippen LogP contribution in [0.15, 0.2) is 29.0 Å². The average Bonchev–Trinajstić information content (AvgIpc) is 1.87. The summed E-state index contributed by atoms with van der Waals surface area (Å²) in [6.07, 6.45) is 8.17. The van der Waals surface area contributed by atoms with Crippen molar-refractivity contribution in [3.05, 3.63) is 24.0 Å².